The Bertz CT molecular complexity index is 1090. The fourth-order valence-electron chi connectivity index (χ4n) is 3.95. The lowest BCUT2D eigenvalue weighted by molar-refractivity contribution is -0.159. The molecule has 0 aliphatic heterocycles. The van der Waals surface area contributed by atoms with Crippen LogP contribution < -0.4 is 0 Å². The van der Waals surface area contributed by atoms with Gasteiger partial charge in [-0.3, -0.25) is 4.79 Å². The average molecular weight is 427 g/mol. The second-order valence-electron chi connectivity index (χ2n) is 8.23. The van der Waals surface area contributed by atoms with Gasteiger partial charge in [0, 0.05) is 18.2 Å². The monoisotopic (exact) mass is 427 g/mol. The van der Waals surface area contributed by atoms with E-state index in [1.165, 1.54) is 0 Å². The Morgan fingerprint density at radius 3 is 2.29 bits per heavy atom. The quantitative estimate of drug-likeness (QED) is 0.557. The van der Waals surface area contributed by atoms with Crippen LogP contribution >= 0.6 is 0 Å². The molecule has 2 saturated carbocycles. The molecule has 0 unspecified atom stereocenters. The van der Waals surface area contributed by atoms with E-state index in [4.69, 9.17) is 0 Å². The first kappa shape index (κ1) is 19.8. The molecule has 1 aromatic heterocycles. The van der Waals surface area contributed by atoms with Crippen molar-refractivity contribution in [2.24, 2.45) is 0 Å². The predicted octanol–water partition coefficient (Wildman–Crippen LogP) is 4.98. The second-order valence-corrected chi connectivity index (χ2v) is 8.23. The Hall–Kier alpha value is -3.16. The third kappa shape index (κ3) is 3.82. The summed E-state index contributed by atoms with van der Waals surface area (Å²) in [5.74, 6) is -1.32. The van der Waals surface area contributed by atoms with Crippen LogP contribution in [0.3, 0.4) is 0 Å². The Labute approximate surface area is 176 Å². The first-order valence-electron chi connectivity index (χ1n) is 10.2. The fourth-order valence-corrected chi connectivity index (χ4v) is 3.95. The first-order valence-corrected chi connectivity index (χ1v) is 10.2. The molecular formula is C23H20F3N3O2. The minimum absolute atomic E-state index is 0.116. The zero-order valence-electron chi connectivity index (χ0n) is 16.6. The molecule has 0 saturated heterocycles. The zero-order chi connectivity index (χ0) is 21.6. The van der Waals surface area contributed by atoms with Crippen molar-refractivity contribution in [2.45, 2.75) is 49.9 Å². The van der Waals surface area contributed by atoms with Crippen molar-refractivity contribution in [1.29, 1.82) is 0 Å². The average Bonchev–Trinajstić information content (AvgIpc) is 3.70. The number of benzene rings is 2. The van der Waals surface area contributed by atoms with Crippen LogP contribution in [0, 0.1) is 0 Å². The summed E-state index contributed by atoms with van der Waals surface area (Å²) in [6.07, 6.45) is -0.960. The van der Waals surface area contributed by atoms with Gasteiger partial charge in [-0.25, -0.2) is 0 Å². The van der Waals surface area contributed by atoms with Crippen LogP contribution in [0.25, 0.3) is 11.4 Å². The minimum Gasteiger partial charge on any atom is -0.335 e. The van der Waals surface area contributed by atoms with Crippen molar-refractivity contribution in [3.63, 3.8) is 0 Å². The number of hydrogen-bond donors (Lipinski definition) is 0. The van der Waals surface area contributed by atoms with Gasteiger partial charge in [-0.15, -0.1) is 0 Å². The van der Waals surface area contributed by atoms with Gasteiger partial charge in [0.1, 0.15) is 0 Å². The molecule has 1 heterocycles. The topological polar surface area (TPSA) is 59.2 Å². The van der Waals surface area contributed by atoms with Crippen molar-refractivity contribution < 1.29 is 22.5 Å². The van der Waals surface area contributed by atoms with Crippen LogP contribution in [0.15, 0.2) is 59.1 Å². The SMILES string of the molecule is O=C(N(Cc1ccc(-c2noc(C(F)(F)F)n2)cc1)C1CC1)C1(c2ccccc2)CC1. The summed E-state index contributed by atoms with van der Waals surface area (Å²) in [5.41, 5.74) is 1.99. The van der Waals surface area contributed by atoms with Crippen molar-refractivity contribution >= 4 is 5.91 Å². The number of aromatic nitrogens is 2. The highest BCUT2D eigenvalue weighted by Crippen LogP contribution is 2.51. The number of carbonyl (C=O) groups excluding carboxylic acids is 1. The highest BCUT2D eigenvalue weighted by atomic mass is 19.4. The van der Waals surface area contributed by atoms with E-state index in [1.807, 2.05) is 35.2 Å². The summed E-state index contributed by atoms with van der Waals surface area (Å²) in [6.45, 7) is 0.471. The molecule has 2 fully saturated rings. The Kier molecular flexibility index (Phi) is 4.60. The van der Waals surface area contributed by atoms with Crippen LogP contribution in [-0.4, -0.2) is 27.0 Å². The zero-order valence-corrected chi connectivity index (χ0v) is 16.6. The fraction of sp³-hybridized carbons (Fsp3) is 0.348. The van der Waals surface area contributed by atoms with Crippen LogP contribution in [-0.2, 0) is 22.9 Å². The van der Waals surface area contributed by atoms with Crippen molar-refractivity contribution in [3.05, 3.63) is 71.6 Å². The first-order chi connectivity index (χ1) is 14.9. The van der Waals surface area contributed by atoms with Gasteiger partial charge in [0.15, 0.2) is 0 Å². The molecule has 5 rings (SSSR count). The summed E-state index contributed by atoms with van der Waals surface area (Å²) in [6, 6.07) is 17.1. The number of halogens is 3. The number of hydrogen-bond acceptors (Lipinski definition) is 4. The third-order valence-electron chi connectivity index (χ3n) is 5.97. The number of amides is 1. The minimum atomic E-state index is -4.67. The van der Waals surface area contributed by atoms with E-state index in [0.717, 1.165) is 36.8 Å². The highest BCUT2D eigenvalue weighted by molar-refractivity contribution is 5.91. The normalized spacial score (nSPS) is 17.4. The molecule has 8 heteroatoms. The Morgan fingerprint density at radius 1 is 1.06 bits per heavy atom. The molecule has 0 bridgehead atoms. The van der Waals surface area contributed by atoms with Crippen molar-refractivity contribution in [2.75, 3.05) is 0 Å². The van der Waals surface area contributed by atoms with Crippen molar-refractivity contribution in [1.82, 2.24) is 15.0 Å². The lowest BCUT2D eigenvalue weighted by Gasteiger charge is -2.28. The van der Waals surface area contributed by atoms with Crippen LogP contribution in [0.2, 0.25) is 0 Å². The predicted molar refractivity (Wildman–Crippen MR) is 106 cm³/mol. The molecule has 1 amide bonds. The van der Waals surface area contributed by atoms with Gasteiger partial charge >= 0.3 is 12.1 Å². The van der Waals surface area contributed by atoms with E-state index < -0.39 is 17.5 Å². The summed E-state index contributed by atoms with van der Waals surface area (Å²) in [5, 5.41) is 3.41. The molecule has 2 aromatic carbocycles. The molecule has 3 aromatic rings. The van der Waals surface area contributed by atoms with Gasteiger partial charge in [-0.05, 0) is 36.8 Å². The van der Waals surface area contributed by atoms with Crippen molar-refractivity contribution in [3.8, 4) is 11.4 Å². The second kappa shape index (κ2) is 7.21. The number of rotatable bonds is 6. The van der Waals surface area contributed by atoms with Crippen LogP contribution in [0.4, 0.5) is 13.2 Å². The Balaban J connectivity index is 1.33. The third-order valence-corrected chi connectivity index (χ3v) is 5.97. The summed E-state index contributed by atoms with van der Waals surface area (Å²) >= 11 is 0. The van der Waals surface area contributed by atoms with Gasteiger partial charge in [-0.2, -0.15) is 18.2 Å². The maximum atomic E-state index is 13.5. The molecule has 31 heavy (non-hydrogen) atoms. The molecule has 0 radical (unpaired) electrons. The lowest BCUT2D eigenvalue weighted by atomic mass is 9.94. The van der Waals surface area contributed by atoms with E-state index in [2.05, 4.69) is 14.7 Å². The lowest BCUT2D eigenvalue weighted by Crippen LogP contribution is -2.40. The highest BCUT2D eigenvalue weighted by Gasteiger charge is 2.54. The maximum absolute atomic E-state index is 13.5. The van der Waals surface area contributed by atoms with E-state index in [-0.39, 0.29) is 17.8 Å². The van der Waals surface area contributed by atoms with E-state index in [0.29, 0.717) is 12.1 Å². The molecule has 0 spiro atoms. The van der Waals surface area contributed by atoms with Gasteiger partial charge < -0.3 is 9.42 Å². The molecule has 0 N–H and O–H groups in total. The van der Waals surface area contributed by atoms with Gasteiger partial charge in [-0.1, -0.05) is 59.8 Å². The number of nitrogens with zero attached hydrogens (tertiary/aromatic N) is 3. The number of alkyl halides is 3. The number of carbonyl (C=O) groups is 1. The van der Waals surface area contributed by atoms with E-state index in [1.54, 1.807) is 24.3 Å². The standard InChI is InChI=1S/C23H20F3N3O2/c24-23(25,26)20-27-19(28-31-20)16-8-6-15(7-9-16)14-29(18-10-11-18)21(30)22(12-13-22)17-4-2-1-3-5-17/h1-9,18H,10-14H2. The maximum Gasteiger partial charge on any atom is 0.471 e. The van der Waals surface area contributed by atoms with Gasteiger partial charge in [0.05, 0.1) is 5.41 Å². The molecular weight excluding hydrogens is 407 g/mol. The van der Waals surface area contributed by atoms with Gasteiger partial charge in [0.25, 0.3) is 0 Å². The largest absolute Gasteiger partial charge is 0.471 e. The van der Waals surface area contributed by atoms with E-state index >= 15 is 0 Å². The smallest absolute Gasteiger partial charge is 0.335 e. The molecule has 2 aliphatic rings. The van der Waals surface area contributed by atoms with Gasteiger partial charge in [0.2, 0.25) is 11.7 Å². The van der Waals surface area contributed by atoms with Crippen LogP contribution in [0.1, 0.15) is 42.7 Å². The molecule has 2 aliphatic carbocycles. The molecule has 5 nitrogen and oxygen atoms in total. The van der Waals surface area contributed by atoms with E-state index in [9.17, 15) is 18.0 Å². The Morgan fingerprint density at radius 2 is 1.74 bits per heavy atom. The van der Waals surface area contributed by atoms with Crippen LogP contribution in [0.5, 0.6) is 0 Å². The molecule has 0 atom stereocenters. The summed E-state index contributed by atoms with van der Waals surface area (Å²) in [7, 11) is 0. The molecule has 160 valence electrons. The summed E-state index contributed by atoms with van der Waals surface area (Å²) < 4.78 is 42.3. The summed E-state index contributed by atoms with van der Waals surface area (Å²) in [4.78, 5) is 18.9.